The van der Waals surface area contributed by atoms with Crippen LogP contribution in [0.25, 0.3) is 5.65 Å². The first-order valence-electron chi connectivity index (χ1n) is 4.27. The van der Waals surface area contributed by atoms with Gasteiger partial charge in [-0.1, -0.05) is 12.6 Å². The fourth-order valence-electron chi connectivity index (χ4n) is 1.31. The van der Waals surface area contributed by atoms with Gasteiger partial charge >= 0.3 is 5.97 Å². The fourth-order valence-corrected chi connectivity index (χ4v) is 1.59. The molecule has 0 aliphatic heterocycles. The minimum Gasteiger partial charge on any atom is -0.477 e. The summed E-state index contributed by atoms with van der Waals surface area (Å²) in [5.41, 5.74) is 1.95. The van der Waals surface area contributed by atoms with Crippen LogP contribution in [0.15, 0.2) is 11.2 Å². The molecule has 0 aliphatic rings. The molecule has 2 rings (SSSR count). The number of carboxylic acids is 1. The van der Waals surface area contributed by atoms with Crippen LogP contribution < -0.4 is 0 Å². The van der Waals surface area contributed by atoms with Crippen LogP contribution in [-0.4, -0.2) is 25.7 Å². The Kier molecular flexibility index (Phi) is 2.08. The summed E-state index contributed by atoms with van der Waals surface area (Å²) >= 11 is 5.15. The number of carbonyl (C=O) groups is 1. The SMILES string of the molecule is Cc1nc2c(C(=O)O)cnn2c([S])c1C. The van der Waals surface area contributed by atoms with Gasteiger partial charge in [-0.3, -0.25) is 0 Å². The maximum absolute atomic E-state index is 10.9. The quantitative estimate of drug-likeness (QED) is 0.744. The molecule has 2 aromatic heterocycles. The van der Waals surface area contributed by atoms with Crippen LogP contribution in [0.5, 0.6) is 0 Å². The molecule has 0 aliphatic carbocycles. The lowest BCUT2D eigenvalue weighted by Crippen LogP contribution is -2.02. The summed E-state index contributed by atoms with van der Waals surface area (Å²) < 4.78 is 1.38. The summed E-state index contributed by atoms with van der Waals surface area (Å²) in [6.07, 6.45) is 1.26. The van der Waals surface area contributed by atoms with E-state index in [1.165, 1.54) is 10.7 Å². The Morgan fingerprint density at radius 2 is 2.20 bits per heavy atom. The van der Waals surface area contributed by atoms with Crippen LogP contribution in [-0.2, 0) is 0 Å². The van der Waals surface area contributed by atoms with Crippen LogP contribution in [0.2, 0.25) is 0 Å². The second kappa shape index (κ2) is 3.16. The molecule has 15 heavy (non-hydrogen) atoms. The van der Waals surface area contributed by atoms with Gasteiger partial charge < -0.3 is 5.11 Å². The predicted octanol–water partition coefficient (Wildman–Crippen LogP) is 1.60. The molecule has 0 amide bonds. The molecule has 0 atom stereocenters. The number of aryl methyl sites for hydroxylation is 1. The topological polar surface area (TPSA) is 67.5 Å². The Morgan fingerprint density at radius 1 is 1.53 bits per heavy atom. The summed E-state index contributed by atoms with van der Waals surface area (Å²) in [5.74, 6) is -1.05. The van der Waals surface area contributed by atoms with Crippen LogP contribution in [0, 0.1) is 13.8 Å². The van der Waals surface area contributed by atoms with Gasteiger partial charge in [0.25, 0.3) is 0 Å². The van der Waals surface area contributed by atoms with Crippen LogP contribution >= 0.6 is 12.6 Å². The third-order valence-electron chi connectivity index (χ3n) is 2.30. The summed E-state index contributed by atoms with van der Waals surface area (Å²) in [5, 5.41) is 13.3. The average Bonchev–Trinajstić information content (AvgIpc) is 2.58. The first-order valence-corrected chi connectivity index (χ1v) is 4.68. The summed E-state index contributed by atoms with van der Waals surface area (Å²) in [6, 6.07) is 0. The summed E-state index contributed by atoms with van der Waals surface area (Å²) in [7, 11) is 0. The van der Waals surface area contributed by atoms with E-state index in [4.69, 9.17) is 17.7 Å². The zero-order valence-corrected chi connectivity index (χ0v) is 9.00. The zero-order chi connectivity index (χ0) is 11.2. The summed E-state index contributed by atoms with van der Waals surface area (Å²) in [6.45, 7) is 3.63. The molecule has 1 radical (unpaired) electrons. The first kappa shape index (κ1) is 9.85. The lowest BCUT2D eigenvalue weighted by atomic mass is 10.2. The Labute approximate surface area is 91.2 Å². The number of rotatable bonds is 1. The standard InChI is InChI=1S/C9H8N3O2S/c1-4-5(2)11-7-6(9(13)14)3-10-12(7)8(4)15/h3H,1-2H3,(H,13,14). The molecule has 0 spiro atoms. The molecule has 77 valence electrons. The molecule has 2 heterocycles. The molecule has 1 N–H and O–H groups in total. The molecule has 0 bridgehead atoms. The van der Waals surface area contributed by atoms with Crippen molar-refractivity contribution in [2.75, 3.05) is 0 Å². The van der Waals surface area contributed by atoms with Gasteiger partial charge in [-0.25, -0.2) is 14.3 Å². The molecule has 0 saturated carbocycles. The Bertz CT molecular complexity index is 562. The highest BCUT2D eigenvalue weighted by molar-refractivity contribution is 7.80. The van der Waals surface area contributed by atoms with Crippen LogP contribution in [0.3, 0.4) is 0 Å². The van der Waals surface area contributed by atoms with E-state index in [1.807, 2.05) is 6.92 Å². The van der Waals surface area contributed by atoms with E-state index in [-0.39, 0.29) is 5.56 Å². The predicted molar refractivity (Wildman–Crippen MR) is 55.3 cm³/mol. The van der Waals surface area contributed by atoms with E-state index in [0.717, 1.165) is 11.3 Å². The highest BCUT2D eigenvalue weighted by Crippen LogP contribution is 2.19. The number of carboxylic acid groups (broad SMARTS) is 1. The maximum Gasteiger partial charge on any atom is 0.341 e. The summed E-state index contributed by atoms with van der Waals surface area (Å²) in [4.78, 5) is 15.0. The number of hydrogen-bond acceptors (Lipinski definition) is 3. The molecular weight excluding hydrogens is 214 g/mol. The van der Waals surface area contributed by atoms with Gasteiger partial charge in [0.05, 0.1) is 6.20 Å². The molecule has 6 heteroatoms. The third kappa shape index (κ3) is 1.33. The Hall–Kier alpha value is -1.69. The highest BCUT2D eigenvalue weighted by atomic mass is 32.1. The van der Waals surface area contributed by atoms with Crippen molar-refractivity contribution in [2.45, 2.75) is 18.9 Å². The second-order valence-electron chi connectivity index (χ2n) is 3.23. The van der Waals surface area contributed by atoms with E-state index in [0.29, 0.717) is 10.7 Å². The van der Waals surface area contributed by atoms with Gasteiger partial charge in [-0.2, -0.15) is 5.10 Å². The van der Waals surface area contributed by atoms with Gasteiger partial charge in [0.2, 0.25) is 0 Å². The molecule has 0 unspecified atom stereocenters. The number of aromatic nitrogens is 3. The van der Waals surface area contributed by atoms with Gasteiger partial charge in [0.1, 0.15) is 10.6 Å². The monoisotopic (exact) mass is 222 g/mol. The number of nitrogens with zero attached hydrogens (tertiary/aromatic N) is 3. The first-order chi connectivity index (χ1) is 7.02. The lowest BCUT2D eigenvalue weighted by Gasteiger charge is -2.04. The largest absolute Gasteiger partial charge is 0.477 e. The van der Waals surface area contributed by atoms with E-state index >= 15 is 0 Å². The van der Waals surface area contributed by atoms with E-state index in [9.17, 15) is 4.79 Å². The minimum atomic E-state index is -1.05. The van der Waals surface area contributed by atoms with Crippen molar-refractivity contribution in [3.8, 4) is 0 Å². The maximum atomic E-state index is 10.9. The fraction of sp³-hybridized carbons (Fsp3) is 0.222. The molecule has 2 aromatic rings. The lowest BCUT2D eigenvalue weighted by molar-refractivity contribution is 0.0698. The van der Waals surface area contributed by atoms with Crippen molar-refractivity contribution in [2.24, 2.45) is 0 Å². The number of fused-ring (bicyclic) bond motifs is 1. The van der Waals surface area contributed by atoms with Crippen LogP contribution in [0.4, 0.5) is 0 Å². The normalized spacial score (nSPS) is 10.8. The average molecular weight is 222 g/mol. The minimum absolute atomic E-state index is 0.0733. The van der Waals surface area contributed by atoms with Gasteiger partial charge in [0.15, 0.2) is 5.65 Å². The molecule has 5 nitrogen and oxygen atoms in total. The Morgan fingerprint density at radius 3 is 2.80 bits per heavy atom. The van der Waals surface area contributed by atoms with Gasteiger partial charge in [-0.15, -0.1) is 0 Å². The van der Waals surface area contributed by atoms with Crippen molar-refractivity contribution in [1.82, 2.24) is 14.6 Å². The van der Waals surface area contributed by atoms with Crippen molar-refractivity contribution in [3.05, 3.63) is 23.0 Å². The molecule has 0 fully saturated rings. The van der Waals surface area contributed by atoms with Crippen molar-refractivity contribution in [1.29, 1.82) is 0 Å². The molecule has 0 saturated heterocycles. The van der Waals surface area contributed by atoms with E-state index in [2.05, 4.69) is 10.1 Å². The highest BCUT2D eigenvalue weighted by Gasteiger charge is 2.16. The van der Waals surface area contributed by atoms with Crippen LogP contribution in [0.1, 0.15) is 21.6 Å². The van der Waals surface area contributed by atoms with Crippen molar-refractivity contribution in [3.63, 3.8) is 0 Å². The van der Waals surface area contributed by atoms with Crippen molar-refractivity contribution >= 4 is 24.2 Å². The van der Waals surface area contributed by atoms with E-state index < -0.39 is 5.97 Å². The van der Waals surface area contributed by atoms with Crippen molar-refractivity contribution < 1.29 is 9.90 Å². The van der Waals surface area contributed by atoms with E-state index in [1.54, 1.807) is 6.92 Å². The van der Waals surface area contributed by atoms with Gasteiger partial charge in [0, 0.05) is 11.3 Å². The Balaban J connectivity index is 2.89. The molecular formula is C9H8N3O2S. The second-order valence-corrected chi connectivity index (χ2v) is 3.61. The molecule has 0 aromatic carbocycles. The number of aromatic carboxylic acids is 1. The smallest absolute Gasteiger partial charge is 0.341 e. The zero-order valence-electron chi connectivity index (χ0n) is 8.18. The number of hydrogen-bond donors (Lipinski definition) is 1. The van der Waals surface area contributed by atoms with Gasteiger partial charge in [-0.05, 0) is 13.8 Å². The third-order valence-corrected chi connectivity index (χ3v) is 2.78.